The van der Waals surface area contributed by atoms with Crippen molar-refractivity contribution in [2.24, 2.45) is 5.92 Å². The number of ketones is 1. The number of carbonyl (C=O) groups excluding carboxylic acids is 1. The first-order valence-corrected chi connectivity index (χ1v) is 5.35. The molecule has 0 aliphatic carbocycles. The molecule has 2 heteroatoms. The van der Waals surface area contributed by atoms with Gasteiger partial charge >= 0.3 is 0 Å². The van der Waals surface area contributed by atoms with E-state index in [0.29, 0.717) is 5.78 Å². The van der Waals surface area contributed by atoms with Crippen LogP contribution in [0.2, 0.25) is 0 Å². The average Bonchev–Trinajstić information content (AvgIpc) is 2.10. The topological polar surface area (TPSA) is 29.1 Å². The van der Waals surface area contributed by atoms with Crippen molar-refractivity contribution >= 4 is 5.78 Å². The van der Waals surface area contributed by atoms with Crippen molar-refractivity contribution in [3.63, 3.8) is 0 Å². The molecule has 0 radical (unpaired) electrons. The Labute approximate surface area is 82.1 Å². The van der Waals surface area contributed by atoms with Crippen molar-refractivity contribution in [1.29, 1.82) is 0 Å². The SMILES string of the molecule is CNCCCCCCC(=O)C(C)C. The molecule has 0 atom stereocenters. The Kier molecular flexibility index (Phi) is 8.00. The summed E-state index contributed by atoms with van der Waals surface area (Å²) in [4.78, 5) is 11.2. The van der Waals surface area contributed by atoms with Gasteiger partial charge in [-0.05, 0) is 26.4 Å². The predicted octanol–water partition coefficient (Wildman–Crippen LogP) is 2.38. The number of nitrogens with one attached hydrogen (secondary N) is 1. The molecule has 0 aliphatic rings. The van der Waals surface area contributed by atoms with Crippen LogP contribution in [0.5, 0.6) is 0 Å². The molecule has 13 heavy (non-hydrogen) atoms. The summed E-state index contributed by atoms with van der Waals surface area (Å²) < 4.78 is 0. The van der Waals surface area contributed by atoms with E-state index < -0.39 is 0 Å². The Morgan fingerprint density at radius 2 is 1.77 bits per heavy atom. The molecule has 0 saturated heterocycles. The third kappa shape index (κ3) is 7.97. The lowest BCUT2D eigenvalue weighted by molar-refractivity contribution is -0.122. The largest absolute Gasteiger partial charge is 0.320 e. The summed E-state index contributed by atoms with van der Waals surface area (Å²) in [7, 11) is 1.97. The zero-order valence-electron chi connectivity index (χ0n) is 9.23. The van der Waals surface area contributed by atoms with Crippen molar-refractivity contribution in [3.05, 3.63) is 0 Å². The highest BCUT2D eigenvalue weighted by Crippen LogP contribution is 2.06. The summed E-state index contributed by atoms with van der Waals surface area (Å²) in [5, 5.41) is 3.12. The highest BCUT2D eigenvalue weighted by Gasteiger charge is 2.05. The standard InChI is InChI=1S/C11H23NO/c1-10(2)11(13)8-6-4-5-7-9-12-3/h10,12H,4-9H2,1-3H3. The van der Waals surface area contributed by atoms with E-state index in [1.807, 2.05) is 20.9 Å². The van der Waals surface area contributed by atoms with Gasteiger partial charge in [-0.2, -0.15) is 0 Å². The van der Waals surface area contributed by atoms with Crippen LogP contribution in [0.4, 0.5) is 0 Å². The lowest BCUT2D eigenvalue weighted by atomic mass is 10.0. The van der Waals surface area contributed by atoms with Gasteiger partial charge in [0, 0.05) is 12.3 Å². The number of rotatable bonds is 8. The van der Waals surface area contributed by atoms with Gasteiger partial charge in [0.15, 0.2) is 0 Å². The molecule has 2 nitrogen and oxygen atoms in total. The molecule has 0 bridgehead atoms. The highest BCUT2D eigenvalue weighted by atomic mass is 16.1. The second kappa shape index (κ2) is 8.24. The second-order valence-corrected chi connectivity index (χ2v) is 3.89. The molecule has 0 aromatic rings. The summed E-state index contributed by atoms with van der Waals surface area (Å²) in [6.07, 6.45) is 5.51. The minimum Gasteiger partial charge on any atom is -0.320 e. The van der Waals surface area contributed by atoms with E-state index in [1.54, 1.807) is 0 Å². The van der Waals surface area contributed by atoms with E-state index in [0.717, 1.165) is 19.4 Å². The molecule has 0 aromatic heterocycles. The zero-order valence-corrected chi connectivity index (χ0v) is 9.23. The maximum absolute atomic E-state index is 11.2. The Bertz CT molecular complexity index is 132. The molecule has 0 aliphatic heterocycles. The molecule has 78 valence electrons. The highest BCUT2D eigenvalue weighted by molar-refractivity contribution is 5.80. The quantitative estimate of drug-likeness (QED) is 0.588. The minimum atomic E-state index is 0.220. The van der Waals surface area contributed by atoms with Crippen LogP contribution in [0.25, 0.3) is 0 Å². The van der Waals surface area contributed by atoms with Crippen LogP contribution in [0.3, 0.4) is 0 Å². The van der Waals surface area contributed by atoms with Gasteiger partial charge in [0.1, 0.15) is 5.78 Å². The van der Waals surface area contributed by atoms with Gasteiger partial charge in [0.25, 0.3) is 0 Å². The fourth-order valence-corrected chi connectivity index (χ4v) is 1.24. The van der Waals surface area contributed by atoms with Crippen molar-refractivity contribution in [2.75, 3.05) is 13.6 Å². The predicted molar refractivity (Wildman–Crippen MR) is 56.9 cm³/mol. The molecule has 0 rings (SSSR count). The number of Topliss-reactive ketones (excluding diaryl/α,β-unsaturated/α-hetero) is 1. The van der Waals surface area contributed by atoms with E-state index in [9.17, 15) is 4.79 Å². The molecule has 0 heterocycles. The van der Waals surface area contributed by atoms with Crippen LogP contribution in [0.15, 0.2) is 0 Å². The van der Waals surface area contributed by atoms with Crippen molar-refractivity contribution < 1.29 is 4.79 Å². The smallest absolute Gasteiger partial charge is 0.135 e. The molecule has 0 saturated carbocycles. The molecule has 0 unspecified atom stereocenters. The number of unbranched alkanes of at least 4 members (excludes halogenated alkanes) is 3. The Balaban J connectivity index is 3.12. The maximum Gasteiger partial charge on any atom is 0.135 e. The number of hydrogen-bond acceptors (Lipinski definition) is 2. The average molecular weight is 185 g/mol. The molecule has 0 amide bonds. The van der Waals surface area contributed by atoms with Crippen molar-refractivity contribution in [1.82, 2.24) is 5.32 Å². The molecule has 0 spiro atoms. The van der Waals surface area contributed by atoms with E-state index in [2.05, 4.69) is 5.32 Å². The van der Waals surface area contributed by atoms with E-state index >= 15 is 0 Å². The third-order valence-electron chi connectivity index (χ3n) is 2.24. The van der Waals surface area contributed by atoms with Crippen LogP contribution in [0, 0.1) is 5.92 Å². The summed E-state index contributed by atoms with van der Waals surface area (Å²) in [6.45, 7) is 5.05. The Morgan fingerprint density at radius 3 is 2.31 bits per heavy atom. The van der Waals surface area contributed by atoms with Crippen LogP contribution < -0.4 is 5.32 Å². The van der Waals surface area contributed by atoms with Gasteiger partial charge < -0.3 is 5.32 Å². The van der Waals surface area contributed by atoms with Gasteiger partial charge in [-0.25, -0.2) is 0 Å². The summed E-state index contributed by atoms with van der Waals surface area (Å²) >= 11 is 0. The zero-order chi connectivity index (χ0) is 10.1. The van der Waals surface area contributed by atoms with Gasteiger partial charge in [0.2, 0.25) is 0 Å². The van der Waals surface area contributed by atoms with E-state index in [4.69, 9.17) is 0 Å². The number of hydrogen-bond donors (Lipinski definition) is 1. The summed E-state index contributed by atoms with van der Waals surface area (Å²) in [5.74, 6) is 0.630. The third-order valence-corrected chi connectivity index (χ3v) is 2.24. The molecular weight excluding hydrogens is 162 g/mol. The summed E-state index contributed by atoms with van der Waals surface area (Å²) in [6, 6.07) is 0. The van der Waals surface area contributed by atoms with Gasteiger partial charge in [0.05, 0.1) is 0 Å². The van der Waals surface area contributed by atoms with Crippen LogP contribution >= 0.6 is 0 Å². The lowest BCUT2D eigenvalue weighted by Crippen LogP contribution is -2.08. The Morgan fingerprint density at radius 1 is 1.15 bits per heavy atom. The first-order chi connectivity index (χ1) is 6.18. The van der Waals surface area contributed by atoms with Gasteiger partial charge in [-0.1, -0.05) is 26.7 Å². The normalized spacial score (nSPS) is 10.8. The molecule has 1 N–H and O–H groups in total. The monoisotopic (exact) mass is 185 g/mol. The summed E-state index contributed by atoms with van der Waals surface area (Å²) in [5.41, 5.74) is 0. The fourth-order valence-electron chi connectivity index (χ4n) is 1.24. The lowest BCUT2D eigenvalue weighted by Gasteiger charge is -2.03. The first-order valence-electron chi connectivity index (χ1n) is 5.35. The Hall–Kier alpha value is -0.370. The van der Waals surface area contributed by atoms with Crippen molar-refractivity contribution in [2.45, 2.75) is 46.0 Å². The van der Waals surface area contributed by atoms with E-state index in [-0.39, 0.29) is 5.92 Å². The first kappa shape index (κ1) is 12.6. The maximum atomic E-state index is 11.2. The fraction of sp³-hybridized carbons (Fsp3) is 0.909. The second-order valence-electron chi connectivity index (χ2n) is 3.89. The van der Waals surface area contributed by atoms with Crippen molar-refractivity contribution in [3.8, 4) is 0 Å². The van der Waals surface area contributed by atoms with Gasteiger partial charge in [-0.15, -0.1) is 0 Å². The van der Waals surface area contributed by atoms with E-state index in [1.165, 1.54) is 19.3 Å². The molecule has 0 aromatic carbocycles. The number of carbonyl (C=O) groups is 1. The molecular formula is C11H23NO. The van der Waals surface area contributed by atoms with Crippen LogP contribution in [-0.2, 0) is 4.79 Å². The molecule has 0 fully saturated rings. The minimum absolute atomic E-state index is 0.220. The van der Waals surface area contributed by atoms with Crippen LogP contribution in [0.1, 0.15) is 46.0 Å². The van der Waals surface area contributed by atoms with Gasteiger partial charge in [-0.3, -0.25) is 4.79 Å². The van der Waals surface area contributed by atoms with Crippen LogP contribution in [-0.4, -0.2) is 19.4 Å².